The topological polar surface area (TPSA) is 40.5 Å². The van der Waals surface area contributed by atoms with Crippen LogP contribution in [0.1, 0.15) is 24.0 Å². The Morgan fingerprint density at radius 2 is 2.33 bits per heavy atom. The Morgan fingerprint density at radius 3 is 3.00 bits per heavy atom. The number of carboxylic acids is 1. The fourth-order valence-corrected chi connectivity index (χ4v) is 2.46. The van der Waals surface area contributed by atoms with Gasteiger partial charge in [-0.05, 0) is 43.0 Å². The van der Waals surface area contributed by atoms with E-state index in [1.165, 1.54) is 0 Å². The van der Waals surface area contributed by atoms with Crippen molar-refractivity contribution < 1.29 is 14.3 Å². The van der Waals surface area contributed by atoms with Crippen LogP contribution in [0.5, 0.6) is 0 Å². The van der Waals surface area contributed by atoms with Gasteiger partial charge in [-0.1, -0.05) is 12.1 Å². The number of aliphatic carboxylic acids is 1. The first-order chi connectivity index (χ1) is 8.54. The Bertz CT molecular complexity index is 447. The molecular weight excluding hydrogens is 233 g/mol. The molecule has 1 atom stereocenters. The number of aryl methyl sites for hydroxylation is 1. The highest BCUT2D eigenvalue weighted by molar-refractivity contribution is 5.67. The van der Waals surface area contributed by atoms with Crippen LogP contribution >= 0.6 is 0 Å². The minimum Gasteiger partial charge on any atom is -0.481 e. The lowest BCUT2D eigenvalue weighted by atomic mass is 10.1. The van der Waals surface area contributed by atoms with Crippen LogP contribution in [-0.4, -0.2) is 29.1 Å². The Hall–Kier alpha value is -1.42. The summed E-state index contributed by atoms with van der Waals surface area (Å²) in [7, 11) is 0. The van der Waals surface area contributed by atoms with Crippen LogP contribution in [0.3, 0.4) is 0 Å². The Labute approximate surface area is 106 Å². The van der Waals surface area contributed by atoms with Crippen LogP contribution in [0.15, 0.2) is 18.2 Å². The third-order valence-electron chi connectivity index (χ3n) is 3.48. The molecule has 0 aliphatic carbocycles. The molecule has 1 aliphatic rings. The zero-order valence-corrected chi connectivity index (χ0v) is 10.5. The van der Waals surface area contributed by atoms with Crippen molar-refractivity contribution >= 4 is 5.97 Å². The first kappa shape index (κ1) is 13.0. The molecule has 1 aromatic carbocycles. The van der Waals surface area contributed by atoms with Gasteiger partial charge in [-0.3, -0.25) is 9.69 Å². The molecule has 1 heterocycles. The maximum atomic E-state index is 13.4. The van der Waals surface area contributed by atoms with E-state index in [1.54, 1.807) is 19.1 Å². The maximum absolute atomic E-state index is 13.4. The second-order valence-corrected chi connectivity index (χ2v) is 5.07. The molecule has 0 radical (unpaired) electrons. The maximum Gasteiger partial charge on any atom is 0.303 e. The van der Waals surface area contributed by atoms with Crippen LogP contribution in [-0.2, 0) is 11.3 Å². The van der Waals surface area contributed by atoms with Crippen molar-refractivity contribution in [2.45, 2.75) is 26.3 Å². The van der Waals surface area contributed by atoms with Crippen LogP contribution in [0, 0.1) is 18.7 Å². The highest BCUT2D eigenvalue weighted by atomic mass is 19.1. The summed E-state index contributed by atoms with van der Waals surface area (Å²) in [6.07, 6.45) is 1.15. The summed E-state index contributed by atoms with van der Waals surface area (Å²) >= 11 is 0. The van der Waals surface area contributed by atoms with E-state index in [4.69, 9.17) is 5.11 Å². The van der Waals surface area contributed by atoms with E-state index < -0.39 is 5.97 Å². The zero-order valence-electron chi connectivity index (χ0n) is 10.5. The molecule has 1 aliphatic heterocycles. The zero-order chi connectivity index (χ0) is 13.1. The molecule has 0 amide bonds. The standard InChI is InChI=1S/C14H18FNO2/c1-10-2-3-11(6-13(10)15)8-16-5-4-12(9-16)7-14(17)18/h2-3,6,12H,4-5,7-9H2,1H3,(H,17,18). The summed E-state index contributed by atoms with van der Waals surface area (Å²) in [5.41, 5.74) is 1.61. The lowest BCUT2D eigenvalue weighted by Crippen LogP contribution is -2.21. The number of hydrogen-bond donors (Lipinski definition) is 1. The van der Waals surface area contributed by atoms with Crippen molar-refractivity contribution in [1.82, 2.24) is 4.90 Å². The molecule has 18 heavy (non-hydrogen) atoms. The molecule has 1 aromatic rings. The molecule has 2 rings (SSSR count). The molecule has 0 bridgehead atoms. The normalized spacial score (nSPS) is 20.2. The largest absolute Gasteiger partial charge is 0.481 e. The Kier molecular flexibility index (Phi) is 3.97. The molecule has 0 spiro atoms. The summed E-state index contributed by atoms with van der Waals surface area (Å²) in [6.45, 7) is 4.14. The van der Waals surface area contributed by atoms with E-state index in [0.717, 1.165) is 25.1 Å². The number of carboxylic acid groups (broad SMARTS) is 1. The van der Waals surface area contributed by atoms with Crippen molar-refractivity contribution in [1.29, 1.82) is 0 Å². The molecule has 1 unspecified atom stereocenters. The fourth-order valence-electron chi connectivity index (χ4n) is 2.46. The van der Waals surface area contributed by atoms with Gasteiger partial charge in [-0.15, -0.1) is 0 Å². The SMILES string of the molecule is Cc1ccc(CN2CCC(CC(=O)O)C2)cc1F. The van der Waals surface area contributed by atoms with Gasteiger partial charge in [-0.2, -0.15) is 0 Å². The molecule has 98 valence electrons. The smallest absolute Gasteiger partial charge is 0.303 e. The molecular formula is C14H18FNO2. The van der Waals surface area contributed by atoms with Gasteiger partial charge >= 0.3 is 5.97 Å². The summed E-state index contributed by atoms with van der Waals surface area (Å²) in [5, 5.41) is 8.75. The minimum absolute atomic E-state index is 0.172. The van der Waals surface area contributed by atoms with E-state index in [9.17, 15) is 9.18 Å². The molecule has 0 saturated carbocycles. The van der Waals surface area contributed by atoms with Gasteiger partial charge in [0.1, 0.15) is 5.82 Å². The number of likely N-dealkylation sites (tertiary alicyclic amines) is 1. The quantitative estimate of drug-likeness (QED) is 0.893. The van der Waals surface area contributed by atoms with Gasteiger partial charge in [0.2, 0.25) is 0 Å². The van der Waals surface area contributed by atoms with Crippen LogP contribution in [0.25, 0.3) is 0 Å². The number of halogens is 1. The van der Waals surface area contributed by atoms with Gasteiger partial charge in [0.15, 0.2) is 0 Å². The number of hydrogen-bond acceptors (Lipinski definition) is 2. The molecule has 0 aromatic heterocycles. The van der Waals surface area contributed by atoms with Crippen molar-refractivity contribution in [3.8, 4) is 0 Å². The molecule has 4 heteroatoms. The molecule has 1 N–H and O–H groups in total. The molecule has 3 nitrogen and oxygen atoms in total. The van der Waals surface area contributed by atoms with E-state index in [-0.39, 0.29) is 18.2 Å². The lowest BCUT2D eigenvalue weighted by molar-refractivity contribution is -0.138. The third-order valence-corrected chi connectivity index (χ3v) is 3.48. The second-order valence-electron chi connectivity index (χ2n) is 5.07. The summed E-state index contributed by atoms with van der Waals surface area (Å²) in [6, 6.07) is 5.29. The van der Waals surface area contributed by atoms with Crippen molar-refractivity contribution in [2.24, 2.45) is 5.92 Å². The first-order valence-electron chi connectivity index (χ1n) is 6.24. The highest BCUT2D eigenvalue weighted by Crippen LogP contribution is 2.22. The number of rotatable bonds is 4. The fraction of sp³-hybridized carbons (Fsp3) is 0.500. The minimum atomic E-state index is -0.733. The monoisotopic (exact) mass is 251 g/mol. The predicted octanol–water partition coefficient (Wildman–Crippen LogP) is 2.43. The Balaban J connectivity index is 1.91. The summed E-state index contributed by atoms with van der Waals surface area (Å²) in [5.74, 6) is -0.671. The van der Waals surface area contributed by atoms with Gasteiger partial charge in [0.25, 0.3) is 0 Å². The molecule has 1 fully saturated rings. The van der Waals surface area contributed by atoms with Gasteiger partial charge in [0.05, 0.1) is 0 Å². The first-order valence-corrected chi connectivity index (χ1v) is 6.24. The third kappa shape index (κ3) is 3.29. The average molecular weight is 251 g/mol. The summed E-state index contributed by atoms with van der Waals surface area (Å²) in [4.78, 5) is 12.8. The number of nitrogens with zero attached hydrogens (tertiary/aromatic N) is 1. The van der Waals surface area contributed by atoms with Crippen molar-refractivity contribution in [2.75, 3.05) is 13.1 Å². The summed E-state index contributed by atoms with van der Waals surface area (Å²) < 4.78 is 13.4. The van der Waals surface area contributed by atoms with Gasteiger partial charge in [-0.25, -0.2) is 4.39 Å². The number of benzene rings is 1. The Morgan fingerprint density at radius 1 is 1.56 bits per heavy atom. The van der Waals surface area contributed by atoms with E-state index >= 15 is 0 Å². The lowest BCUT2D eigenvalue weighted by Gasteiger charge is -2.16. The van der Waals surface area contributed by atoms with E-state index in [2.05, 4.69) is 4.90 Å². The predicted molar refractivity (Wildman–Crippen MR) is 66.8 cm³/mol. The number of carbonyl (C=O) groups is 1. The van der Waals surface area contributed by atoms with Crippen LogP contribution < -0.4 is 0 Å². The van der Waals surface area contributed by atoms with Crippen LogP contribution in [0.2, 0.25) is 0 Å². The average Bonchev–Trinajstić information content (AvgIpc) is 2.70. The van der Waals surface area contributed by atoms with E-state index in [1.807, 2.05) is 6.07 Å². The van der Waals surface area contributed by atoms with Gasteiger partial charge < -0.3 is 5.11 Å². The van der Waals surface area contributed by atoms with E-state index in [0.29, 0.717) is 12.1 Å². The van der Waals surface area contributed by atoms with Crippen molar-refractivity contribution in [3.63, 3.8) is 0 Å². The second kappa shape index (κ2) is 5.48. The van der Waals surface area contributed by atoms with Crippen LogP contribution in [0.4, 0.5) is 4.39 Å². The van der Waals surface area contributed by atoms with Crippen molar-refractivity contribution in [3.05, 3.63) is 35.1 Å². The molecule has 1 saturated heterocycles. The van der Waals surface area contributed by atoms with Gasteiger partial charge in [0, 0.05) is 19.5 Å². The highest BCUT2D eigenvalue weighted by Gasteiger charge is 2.24.